The molecule has 2 fully saturated rings. The summed E-state index contributed by atoms with van der Waals surface area (Å²) in [5.41, 5.74) is 0. The third kappa shape index (κ3) is 3.69. The number of hydrogen-bond acceptors (Lipinski definition) is 4. The van der Waals surface area contributed by atoms with Crippen molar-refractivity contribution in [3.05, 3.63) is 0 Å². The zero-order chi connectivity index (χ0) is 13.7. The molecule has 0 bridgehead atoms. The summed E-state index contributed by atoms with van der Waals surface area (Å²) in [5.74, 6) is 0.268. The second-order valence-electron chi connectivity index (χ2n) is 5.39. The van der Waals surface area contributed by atoms with Crippen LogP contribution in [0.25, 0.3) is 0 Å². The van der Waals surface area contributed by atoms with Crippen molar-refractivity contribution < 1.29 is 14.3 Å². The number of carbonyl (C=O) groups is 2. The highest BCUT2D eigenvalue weighted by Gasteiger charge is 2.31. The van der Waals surface area contributed by atoms with E-state index in [1.165, 1.54) is 0 Å². The lowest BCUT2D eigenvalue weighted by Gasteiger charge is -2.34. The van der Waals surface area contributed by atoms with E-state index in [4.69, 9.17) is 4.74 Å². The van der Waals surface area contributed by atoms with Crippen LogP contribution >= 0.6 is 0 Å². The van der Waals surface area contributed by atoms with E-state index >= 15 is 0 Å². The molecule has 2 aliphatic rings. The Balaban J connectivity index is 1.79. The van der Waals surface area contributed by atoms with Gasteiger partial charge in [-0.2, -0.15) is 0 Å². The van der Waals surface area contributed by atoms with Crippen LogP contribution in [0.4, 0.5) is 0 Å². The summed E-state index contributed by atoms with van der Waals surface area (Å²) >= 11 is 0. The first-order valence-corrected chi connectivity index (χ1v) is 7.38. The summed E-state index contributed by atoms with van der Waals surface area (Å²) in [6.45, 7) is 5.47. The number of nitrogens with one attached hydrogen (secondary N) is 1. The van der Waals surface area contributed by atoms with E-state index in [1.807, 2.05) is 11.8 Å². The standard InChI is InChI=1S/C14H24N2O3/c1-2-19-14(18)11-5-8-16(9-6-11)13(17)12-4-3-7-15-10-12/h11-12,15H,2-10H2,1H3. The Morgan fingerprint density at radius 1 is 1.21 bits per heavy atom. The summed E-state index contributed by atoms with van der Waals surface area (Å²) in [5, 5.41) is 3.28. The van der Waals surface area contributed by atoms with Gasteiger partial charge in [0.05, 0.1) is 18.4 Å². The molecule has 0 spiro atoms. The smallest absolute Gasteiger partial charge is 0.309 e. The van der Waals surface area contributed by atoms with E-state index in [0.29, 0.717) is 19.7 Å². The molecule has 5 heteroatoms. The number of nitrogens with zero attached hydrogens (tertiary/aromatic N) is 1. The highest BCUT2D eigenvalue weighted by atomic mass is 16.5. The molecule has 5 nitrogen and oxygen atoms in total. The van der Waals surface area contributed by atoms with E-state index in [1.54, 1.807) is 0 Å². The fourth-order valence-corrected chi connectivity index (χ4v) is 2.92. The molecule has 0 aliphatic carbocycles. The first kappa shape index (κ1) is 14.3. The van der Waals surface area contributed by atoms with Gasteiger partial charge in [-0.15, -0.1) is 0 Å². The number of amides is 1. The first-order chi connectivity index (χ1) is 9.22. The van der Waals surface area contributed by atoms with E-state index < -0.39 is 0 Å². The van der Waals surface area contributed by atoms with Gasteiger partial charge < -0.3 is 15.0 Å². The molecular formula is C14H24N2O3. The molecule has 0 aromatic rings. The maximum absolute atomic E-state index is 12.3. The SMILES string of the molecule is CCOC(=O)C1CCN(C(=O)C2CCCNC2)CC1. The van der Waals surface area contributed by atoms with Gasteiger partial charge in [0, 0.05) is 19.6 Å². The molecule has 2 aliphatic heterocycles. The van der Waals surface area contributed by atoms with Gasteiger partial charge >= 0.3 is 5.97 Å². The van der Waals surface area contributed by atoms with Gasteiger partial charge in [0.25, 0.3) is 0 Å². The van der Waals surface area contributed by atoms with Crippen molar-refractivity contribution >= 4 is 11.9 Å². The van der Waals surface area contributed by atoms with Crippen LogP contribution in [0.15, 0.2) is 0 Å². The Hall–Kier alpha value is -1.10. The van der Waals surface area contributed by atoms with Gasteiger partial charge in [-0.25, -0.2) is 0 Å². The lowest BCUT2D eigenvalue weighted by molar-refractivity contribution is -0.151. The number of piperidine rings is 2. The van der Waals surface area contributed by atoms with Crippen LogP contribution in [0.3, 0.4) is 0 Å². The molecule has 0 aromatic carbocycles. The normalized spacial score (nSPS) is 25.1. The number of carbonyl (C=O) groups excluding carboxylic acids is 2. The number of likely N-dealkylation sites (tertiary alicyclic amines) is 1. The van der Waals surface area contributed by atoms with Crippen molar-refractivity contribution in [1.82, 2.24) is 10.2 Å². The monoisotopic (exact) mass is 268 g/mol. The van der Waals surface area contributed by atoms with Gasteiger partial charge in [-0.1, -0.05) is 0 Å². The minimum atomic E-state index is -0.103. The average molecular weight is 268 g/mol. The van der Waals surface area contributed by atoms with Crippen molar-refractivity contribution in [2.75, 3.05) is 32.8 Å². The van der Waals surface area contributed by atoms with Gasteiger partial charge in [0.1, 0.15) is 0 Å². The van der Waals surface area contributed by atoms with Crippen LogP contribution in [0.2, 0.25) is 0 Å². The molecule has 2 rings (SSSR count). The third-order valence-electron chi connectivity index (χ3n) is 4.07. The zero-order valence-corrected chi connectivity index (χ0v) is 11.7. The topological polar surface area (TPSA) is 58.6 Å². The number of esters is 1. The molecule has 1 unspecified atom stereocenters. The second kappa shape index (κ2) is 6.89. The van der Waals surface area contributed by atoms with E-state index in [2.05, 4.69) is 5.32 Å². The van der Waals surface area contributed by atoms with E-state index in [9.17, 15) is 9.59 Å². The largest absolute Gasteiger partial charge is 0.466 e. The second-order valence-corrected chi connectivity index (χ2v) is 5.39. The Kier molecular flexibility index (Phi) is 5.19. The molecule has 0 radical (unpaired) electrons. The highest BCUT2D eigenvalue weighted by molar-refractivity contribution is 5.80. The molecular weight excluding hydrogens is 244 g/mol. The van der Waals surface area contributed by atoms with Crippen LogP contribution in [0.1, 0.15) is 32.6 Å². The third-order valence-corrected chi connectivity index (χ3v) is 4.07. The van der Waals surface area contributed by atoms with Crippen molar-refractivity contribution in [3.63, 3.8) is 0 Å². The van der Waals surface area contributed by atoms with Crippen molar-refractivity contribution in [2.24, 2.45) is 11.8 Å². The molecule has 1 atom stereocenters. The van der Waals surface area contributed by atoms with Crippen LogP contribution < -0.4 is 5.32 Å². The van der Waals surface area contributed by atoms with Crippen molar-refractivity contribution in [2.45, 2.75) is 32.6 Å². The zero-order valence-electron chi connectivity index (χ0n) is 11.7. The average Bonchev–Trinajstić information content (AvgIpc) is 2.48. The molecule has 108 valence electrons. The Morgan fingerprint density at radius 2 is 1.95 bits per heavy atom. The van der Waals surface area contributed by atoms with Crippen molar-refractivity contribution in [3.8, 4) is 0 Å². The number of hydrogen-bond donors (Lipinski definition) is 1. The molecule has 19 heavy (non-hydrogen) atoms. The summed E-state index contributed by atoms with van der Waals surface area (Å²) in [6, 6.07) is 0. The van der Waals surface area contributed by atoms with Crippen LogP contribution in [-0.4, -0.2) is 49.6 Å². The summed E-state index contributed by atoms with van der Waals surface area (Å²) in [7, 11) is 0. The molecule has 0 aromatic heterocycles. The fraction of sp³-hybridized carbons (Fsp3) is 0.857. The predicted octanol–water partition coefficient (Wildman–Crippen LogP) is 0.788. The van der Waals surface area contributed by atoms with Crippen LogP contribution in [0.5, 0.6) is 0 Å². The Labute approximate surface area is 114 Å². The minimum Gasteiger partial charge on any atom is -0.466 e. The number of ether oxygens (including phenoxy) is 1. The lowest BCUT2D eigenvalue weighted by Crippen LogP contribution is -2.47. The Morgan fingerprint density at radius 3 is 2.53 bits per heavy atom. The van der Waals surface area contributed by atoms with Gasteiger partial charge in [0.2, 0.25) is 5.91 Å². The maximum Gasteiger partial charge on any atom is 0.309 e. The van der Waals surface area contributed by atoms with Gasteiger partial charge in [0.15, 0.2) is 0 Å². The summed E-state index contributed by atoms with van der Waals surface area (Å²) in [6.07, 6.45) is 3.55. The van der Waals surface area contributed by atoms with E-state index in [0.717, 1.165) is 38.8 Å². The first-order valence-electron chi connectivity index (χ1n) is 7.38. The van der Waals surface area contributed by atoms with Gasteiger partial charge in [-0.3, -0.25) is 9.59 Å². The molecule has 0 saturated carbocycles. The number of rotatable bonds is 3. The summed E-state index contributed by atoms with van der Waals surface area (Å²) in [4.78, 5) is 25.9. The quantitative estimate of drug-likeness (QED) is 0.769. The Bertz CT molecular complexity index is 319. The van der Waals surface area contributed by atoms with Crippen LogP contribution in [0, 0.1) is 11.8 Å². The molecule has 1 amide bonds. The van der Waals surface area contributed by atoms with Crippen LogP contribution in [-0.2, 0) is 14.3 Å². The lowest BCUT2D eigenvalue weighted by atomic mass is 9.93. The van der Waals surface area contributed by atoms with Gasteiger partial charge in [-0.05, 0) is 39.2 Å². The highest BCUT2D eigenvalue weighted by Crippen LogP contribution is 2.22. The minimum absolute atomic E-state index is 0.0199. The molecule has 2 heterocycles. The summed E-state index contributed by atoms with van der Waals surface area (Å²) < 4.78 is 5.04. The van der Waals surface area contributed by atoms with E-state index in [-0.39, 0.29) is 23.7 Å². The fourth-order valence-electron chi connectivity index (χ4n) is 2.92. The maximum atomic E-state index is 12.3. The molecule has 1 N–H and O–H groups in total. The van der Waals surface area contributed by atoms with Crippen molar-refractivity contribution in [1.29, 1.82) is 0 Å². The molecule has 2 saturated heterocycles. The predicted molar refractivity (Wildman–Crippen MR) is 71.5 cm³/mol.